The van der Waals surface area contributed by atoms with Crippen LogP contribution in [0.25, 0.3) is 0 Å². The molecule has 0 saturated carbocycles. The highest BCUT2D eigenvalue weighted by atomic mass is 79.9. The van der Waals surface area contributed by atoms with Crippen molar-refractivity contribution >= 4 is 28.2 Å². The zero-order chi connectivity index (χ0) is 10.8. The summed E-state index contributed by atoms with van der Waals surface area (Å²) in [6.07, 6.45) is 6.58. The van der Waals surface area contributed by atoms with Gasteiger partial charge in [0, 0.05) is 0 Å². The van der Waals surface area contributed by atoms with Gasteiger partial charge in [0.05, 0.1) is 6.10 Å². The predicted molar refractivity (Wildman–Crippen MR) is 58.4 cm³/mol. The number of carbonyl (C=O) groups excluding carboxylic acids is 2. The van der Waals surface area contributed by atoms with Gasteiger partial charge in [0.2, 0.25) is 0 Å². The molecule has 14 heavy (non-hydrogen) atoms. The summed E-state index contributed by atoms with van der Waals surface area (Å²) in [5, 5.41) is 0.238. The molecule has 0 amide bonds. The van der Waals surface area contributed by atoms with Gasteiger partial charge in [-0.25, -0.2) is 0 Å². The molecule has 0 aliphatic rings. The van der Waals surface area contributed by atoms with Crippen LogP contribution in [-0.4, -0.2) is 23.7 Å². The van der Waals surface area contributed by atoms with E-state index in [0.29, 0.717) is 0 Å². The molecule has 0 heterocycles. The molecule has 0 aliphatic carbocycles. The summed E-state index contributed by atoms with van der Waals surface area (Å²) < 4.78 is 5.03. The highest BCUT2D eigenvalue weighted by Gasteiger charge is 2.06. The second-order valence-corrected chi connectivity index (χ2v) is 3.49. The van der Waals surface area contributed by atoms with Crippen LogP contribution < -0.4 is 0 Å². The Labute approximate surface area is 92.6 Å². The molecule has 80 valence electrons. The molecule has 0 aliphatic heterocycles. The second-order valence-electron chi connectivity index (χ2n) is 2.93. The van der Waals surface area contributed by atoms with Crippen LogP contribution >= 0.6 is 15.9 Å². The van der Waals surface area contributed by atoms with Crippen LogP contribution in [0.5, 0.6) is 0 Å². The summed E-state index contributed by atoms with van der Waals surface area (Å²) in [6.45, 7) is 1.87. The quantitative estimate of drug-likeness (QED) is 0.232. The minimum Gasteiger partial charge on any atom is -0.462 e. The Hall–Kier alpha value is -0.640. The van der Waals surface area contributed by atoms with Gasteiger partial charge in [-0.05, 0) is 32.3 Å². The first-order valence-corrected chi connectivity index (χ1v) is 5.68. The van der Waals surface area contributed by atoms with Crippen molar-refractivity contribution in [2.24, 2.45) is 0 Å². The molecule has 0 saturated heterocycles. The number of ether oxygens (including phenoxy) is 1. The van der Waals surface area contributed by atoms with E-state index in [1.807, 2.05) is 13.0 Å². The van der Waals surface area contributed by atoms with Crippen molar-refractivity contribution in [3.05, 3.63) is 12.2 Å². The van der Waals surface area contributed by atoms with Crippen LogP contribution in [0.15, 0.2) is 12.2 Å². The predicted octanol–water partition coefficient (Wildman–Crippen LogP) is 2.24. The monoisotopic (exact) mass is 262 g/mol. The lowest BCUT2D eigenvalue weighted by atomic mass is 10.1. The lowest BCUT2D eigenvalue weighted by molar-refractivity contribution is -0.145. The third-order valence-corrected chi connectivity index (χ3v) is 2.10. The molecular formula is C10H15BrO3. The maximum absolute atomic E-state index is 10.8. The molecule has 1 atom stereocenters. The lowest BCUT2D eigenvalue weighted by Crippen LogP contribution is -2.15. The topological polar surface area (TPSA) is 43.4 Å². The van der Waals surface area contributed by atoms with Crippen LogP contribution in [0.3, 0.4) is 0 Å². The van der Waals surface area contributed by atoms with Gasteiger partial charge >= 0.3 is 5.97 Å². The Morgan fingerprint density at radius 2 is 2.29 bits per heavy atom. The molecule has 3 nitrogen and oxygen atoms in total. The molecule has 4 heteroatoms. The van der Waals surface area contributed by atoms with E-state index in [1.54, 1.807) is 0 Å². The van der Waals surface area contributed by atoms with Crippen LogP contribution in [0, 0.1) is 0 Å². The molecule has 1 unspecified atom stereocenters. The lowest BCUT2D eigenvalue weighted by Gasteiger charge is -2.10. The van der Waals surface area contributed by atoms with Crippen molar-refractivity contribution in [1.82, 2.24) is 0 Å². The molecular weight excluding hydrogens is 248 g/mol. The first-order valence-electron chi connectivity index (χ1n) is 4.56. The van der Waals surface area contributed by atoms with Crippen LogP contribution in [0.1, 0.15) is 26.2 Å². The SMILES string of the molecule is CC(CCC/C=C/C=O)OC(=O)CBr. The molecule has 0 aromatic rings. The maximum Gasteiger partial charge on any atom is 0.316 e. The zero-order valence-electron chi connectivity index (χ0n) is 8.24. The number of alkyl halides is 1. The van der Waals surface area contributed by atoms with Gasteiger partial charge in [0.1, 0.15) is 11.6 Å². The summed E-state index contributed by atoms with van der Waals surface area (Å²) >= 11 is 3.02. The highest BCUT2D eigenvalue weighted by molar-refractivity contribution is 9.09. The molecule has 0 fully saturated rings. The van der Waals surface area contributed by atoms with Crippen molar-refractivity contribution in [2.75, 3.05) is 5.33 Å². The van der Waals surface area contributed by atoms with E-state index >= 15 is 0 Å². The number of hydrogen-bond acceptors (Lipinski definition) is 3. The van der Waals surface area contributed by atoms with E-state index in [0.717, 1.165) is 25.5 Å². The fourth-order valence-corrected chi connectivity index (χ4v) is 1.12. The summed E-state index contributed by atoms with van der Waals surface area (Å²) in [5.41, 5.74) is 0. The average Bonchev–Trinajstić information content (AvgIpc) is 2.17. The maximum atomic E-state index is 10.8. The third-order valence-electron chi connectivity index (χ3n) is 1.64. The summed E-state index contributed by atoms with van der Waals surface area (Å²) in [6, 6.07) is 0. The van der Waals surface area contributed by atoms with Crippen LogP contribution in [0.4, 0.5) is 0 Å². The molecule has 0 N–H and O–H groups in total. The van der Waals surface area contributed by atoms with Gasteiger partial charge in [0.15, 0.2) is 0 Å². The van der Waals surface area contributed by atoms with E-state index in [-0.39, 0.29) is 17.4 Å². The Morgan fingerprint density at radius 1 is 1.57 bits per heavy atom. The van der Waals surface area contributed by atoms with Crippen molar-refractivity contribution in [2.45, 2.75) is 32.3 Å². The van der Waals surface area contributed by atoms with Gasteiger partial charge < -0.3 is 4.74 Å². The van der Waals surface area contributed by atoms with Gasteiger partial charge in [-0.1, -0.05) is 22.0 Å². The molecule has 0 radical (unpaired) electrons. The fourth-order valence-electron chi connectivity index (χ4n) is 0.990. The van der Waals surface area contributed by atoms with Crippen LogP contribution in [-0.2, 0) is 14.3 Å². The Balaban J connectivity index is 3.44. The number of esters is 1. The number of rotatable bonds is 7. The summed E-state index contributed by atoms with van der Waals surface area (Å²) in [4.78, 5) is 20.8. The van der Waals surface area contributed by atoms with Crippen LogP contribution in [0.2, 0.25) is 0 Å². The smallest absolute Gasteiger partial charge is 0.316 e. The van der Waals surface area contributed by atoms with E-state index in [9.17, 15) is 9.59 Å². The van der Waals surface area contributed by atoms with E-state index < -0.39 is 0 Å². The first-order chi connectivity index (χ1) is 6.70. The molecule has 0 spiro atoms. The normalized spacial score (nSPS) is 12.7. The molecule has 0 aromatic heterocycles. The van der Waals surface area contributed by atoms with E-state index in [4.69, 9.17) is 4.74 Å². The van der Waals surface area contributed by atoms with E-state index in [1.165, 1.54) is 6.08 Å². The van der Waals surface area contributed by atoms with Gasteiger partial charge in [-0.15, -0.1) is 0 Å². The number of halogens is 1. The van der Waals surface area contributed by atoms with E-state index in [2.05, 4.69) is 15.9 Å². The number of aldehydes is 1. The third kappa shape index (κ3) is 7.98. The molecule has 0 bridgehead atoms. The largest absolute Gasteiger partial charge is 0.462 e. The average molecular weight is 263 g/mol. The van der Waals surface area contributed by atoms with Crippen molar-refractivity contribution in [3.8, 4) is 0 Å². The summed E-state index contributed by atoms with van der Waals surface area (Å²) in [5.74, 6) is -0.235. The van der Waals surface area contributed by atoms with Crippen molar-refractivity contribution in [3.63, 3.8) is 0 Å². The number of unbranched alkanes of at least 4 members (excludes halogenated alkanes) is 1. The fraction of sp³-hybridized carbons (Fsp3) is 0.600. The Kier molecular flexibility index (Phi) is 8.53. The highest BCUT2D eigenvalue weighted by Crippen LogP contribution is 2.05. The number of carbonyl (C=O) groups is 2. The minimum absolute atomic E-state index is 0.0512. The molecule has 0 aromatic carbocycles. The number of allylic oxidation sites excluding steroid dienone is 2. The Bertz CT molecular complexity index is 202. The van der Waals surface area contributed by atoms with Gasteiger partial charge in [0.25, 0.3) is 0 Å². The van der Waals surface area contributed by atoms with Gasteiger partial charge in [-0.2, -0.15) is 0 Å². The summed E-state index contributed by atoms with van der Waals surface area (Å²) in [7, 11) is 0. The standard InChI is InChI=1S/C10H15BrO3/c1-9(14-10(13)8-11)6-4-2-3-5-7-12/h3,5,7,9H,2,4,6,8H2,1H3/b5-3+. The van der Waals surface area contributed by atoms with Crippen molar-refractivity contribution < 1.29 is 14.3 Å². The minimum atomic E-state index is -0.235. The van der Waals surface area contributed by atoms with Gasteiger partial charge in [-0.3, -0.25) is 9.59 Å². The first kappa shape index (κ1) is 13.4. The zero-order valence-corrected chi connectivity index (χ0v) is 9.83. The number of hydrogen-bond donors (Lipinski definition) is 0. The molecule has 0 rings (SSSR count). The Morgan fingerprint density at radius 3 is 2.86 bits per heavy atom. The second kappa shape index (κ2) is 8.94. The van der Waals surface area contributed by atoms with Crippen molar-refractivity contribution in [1.29, 1.82) is 0 Å².